The molecule has 33 heavy (non-hydrogen) atoms. The van der Waals surface area contributed by atoms with Crippen molar-refractivity contribution in [3.05, 3.63) is 52.9 Å². The maximum absolute atomic E-state index is 12.8. The van der Waals surface area contributed by atoms with Crippen LogP contribution in [-0.2, 0) is 9.59 Å². The standard InChI is InChI=1S/C24H26N2O5S2/c1-30-19-12-7-16(14-20(19)31-2)15-21-23(29)26(24(32)33-21)13-5-3-4-6-22(28)25-17-8-10-18(27)11-9-17/h7-12,14-15,27H,3-6,13H2,1-2H3,(H,25,28)/b21-15-. The van der Waals surface area contributed by atoms with Crippen LogP contribution in [0.15, 0.2) is 47.4 Å². The summed E-state index contributed by atoms with van der Waals surface area (Å²) in [5, 5.41) is 12.1. The van der Waals surface area contributed by atoms with Gasteiger partial charge < -0.3 is 19.9 Å². The van der Waals surface area contributed by atoms with Crippen LogP contribution < -0.4 is 14.8 Å². The fourth-order valence-corrected chi connectivity index (χ4v) is 4.60. The number of nitrogens with one attached hydrogen (secondary N) is 1. The number of nitrogens with zero attached hydrogens (tertiary/aromatic N) is 1. The summed E-state index contributed by atoms with van der Waals surface area (Å²) in [6.45, 7) is 0.521. The first-order valence-corrected chi connectivity index (χ1v) is 11.7. The van der Waals surface area contributed by atoms with Gasteiger partial charge in [-0.2, -0.15) is 0 Å². The Kier molecular flexibility index (Phi) is 8.73. The number of amides is 2. The number of unbranched alkanes of at least 4 members (excludes halogenated alkanes) is 2. The molecule has 0 aromatic heterocycles. The first-order valence-electron chi connectivity index (χ1n) is 10.5. The van der Waals surface area contributed by atoms with E-state index in [0.717, 1.165) is 18.4 Å². The van der Waals surface area contributed by atoms with Gasteiger partial charge in [-0.15, -0.1) is 0 Å². The topological polar surface area (TPSA) is 88.1 Å². The van der Waals surface area contributed by atoms with Gasteiger partial charge in [0, 0.05) is 18.7 Å². The second-order valence-corrected chi connectivity index (χ2v) is 9.03. The lowest BCUT2D eigenvalue weighted by atomic mass is 10.1. The predicted octanol–water partition coefficient (Wildman–Crippen LogP) is 4.81. The molecule has 1 fully saturated rings. The molecule has 2 amide bonds. The van der Waals surface area contributed by atoms with Crippen molar-refractivity contribution >= 4 is 51.9 Å². The van der Waals surface area contributed by atoms with E-state index in [9.17, 15) is 14.7 Å². The van der Waals surface area contributed by atoms with Crippen molar-refractivity contribution in [3.8, 4) is 17.2 Å². The quantitative estimate of drug-likeness (QED) is 0.216. The minimum atomic E-state index is -0.107. The highest BCUT2D eigenvalue weighted by Crippen LogP contribution is 2.34. The molecule has 9 heteroatoms. The Morgan fingerprint density at radius 3 is 2.52 bits per heavy atom. The summed E-state index contributed by atoms with van der Waals surface area (Å²) >= 11 is 6.69. The summed E-state index contributed by atoms with van der Waals surface area (Å²) in [5.41, 5.74) is 1.48. The van der Waals surface area contributed by atoms with Crippen molar-refractivity contribution in [3.63, 3.8) is 0 Å². The number of hydrogen-bond donors (Lipinski definition) is 2. The van der Waals surface area contributed by atoms with Gasteiger partial charge in [0.25, 0.3) is 5.91 Å². The summed E-state index contributed by atoms with van der Waals surface area (Å²) in [6, 6.07) is 11.8. The number of carbonyl (C=O) groups is 2. The van der Waals surface area contributed by atoms with Gasteiger partial charge in [0.15, 0.2) is 11.5 Å². The number of benzene rings is 2. The Hall–Kier alpha value is -3.04. The normalized spacial score (nSPS) is 14.6. The molecule has 1 aliphatic rings. The highest BCUT2D eigenvalue weighted by molar-refractivity contribution is 8.26. The highest BCUT2D eigenvalue weighted by Gasteiger charge is 2.31. The maximum atomic E-state index is 12.8. The third-order valence-corrected chi connectivity index (χ3v) is 6.39. The Morgan fingerprint density at radius 1 is 1.09 bits per heavy atom. The van der Waals surface area contributed by atoms with Crippen LogP contribution in [0.3, 0.4) is 0 Å². The molecule has 1 heterocycles. The van der Waals surface area contributed by atoms with Gasteiger partial charge in [0.2, 0.25) is 5.91 Å². The second-order valence-electron chi connectivity index (χ2n) is 7.35. The van der Waals surface area contributed by atoms with E-state index < -0.39 is 0 Å². The fraction of sp³-hybridized carbons (Fsp3) is 0.292. The van der Waals surface area contributed by atoms with Gasteiger partial charge in [-0.05, 0) is 60.9 Å². The third-order valence-electron chi connectivity index (χ3n) is 5.02. The van der Waals surface area contributed by atoms with Crippen LogP contribution in [0.25, 0.3) is 6.08 Å². The van der Waals surface area contributed by atoms with Crippen LogP contribution in [0.1, 0.15) is 31.2 Å². The Morgan fingerprint density at radius 2 is 1.82 bits per heavy atom. The number of ether oxygens (including phenoxy) is 2. The van der Waals surface area contributed by atoms with Crippen LogP contribution in [-0.4, -0.2) is 46.9 Å². The Labute approximate surface area is 202 Å². The molecule has 2 aromatic carbocycles. The molecule has 0 saturated carbocycles. The number of aromatic hydroxyl groups is 1. The lowest BCUT2D eigenvalue weighted by molar-refractivity contribution is -0.122. The number of methoxy groups -OCH3 is 2. The molecule has 0 spiro atoms. The number of thioether (sulfide) groups is 1. The number of thiocarbonyl (C=S) groups is 1. The molecular weight excluding hydrogens is 460 g/mol. The summed E-state index contributed by atoms with van der Waals surface area (Å²) < 4.78 is 11.1. The van der Waals surface area contributed by atoms with Gasteiger partial charge in [0.1, 0.15) is 10.1 Å². The molecule has 1 aliphatic heterocycles. The van der Waals surface area contributed by atoms with Crippen molar-refractivity contribution in [1.82, 2.24) is 4.90 Å². The van der Waals surface area contributed by atoms with Crippen molar-refractivity contribution in [2.75, 3.05) is 26.1 Å². The summed E-state index contributed by atoms with van der Waals surface area (Å²) in [6.07, 6.45) is 4.45. The fourth-order valence-electron chi connectivity index (χ4n) is 3.29. The number of hydrogen-bond acceptors (Lipinski definition) is 7. The molecule has 1 saturated heterocycles. The van der Waals surface area contributed by atoms with Gasteiger partial charge in [-0.1, -0.05) is 36.5 Å². The molecule has 0 aliphatic carbocycles. The van der Waals surface area contributed by atoms with Crippen LogP contribution in [0.4, 0.5) is 5.69 Å². The van der Waals surface area contributed by atoms with Crippen molar-refractivity contribution in [2.45, 2.75) is 25.7 Å². The van der Waals surface area contributed by atoms with E-state index in [1.54, 1.807) is 43.4 Å². The molecular formula is C24H26N2O5S2. The van der Waals surface area contributed by atoms with Crippen molar-refractivity contribution < 1.29 is 24.2 Å². The van der Waals surface area contributed by atoms with Crippen LogP contribution in [0.5, 0.6) is 17.2 Å². The van der Waals surface area contributed by atoms with Crippen molar-refractivity contribution in [1.29, 1.82) is 0 Å². The van der Waals surface area contributed by atoms with E-state index in [1.807, 2.05) is 12.1 Å². The zero-order chi connectivity index (χ0) is 23.8. The van der Waals surface area contributed by atoms with E-state index in [1.165, 1.54) is 23.9 Å². The van der Waals surface area contributed by atoms with Crippen molar-refractivity contribution in [2.24, 2.45) is 0 Å². The average Bonchev–Trinajstić information content (AvgIpc) is 3.07. The van der Waals surface area contributed by atoms with E-state index in [-0.39, 0.29) is 17.6 Å². The van der Waals surface area contributed by atoms with E-state index in [0.29, 0.717) is 45.8 Å². The molecule has 7 nitrogen and oxygen atoms in total. The minimum absolute atomic E-state index is 0.0795. The molecule has 0 unspecified atom stereocenters. The number of carbonyl (C=O) groups excluding carboxylic acids is 2. The zero-order valence-corrected chi connectivity index (χ0v) is 20.1. The summed E-state index contributed by atoms with van der Waals surface area (Å²) in [4.78, 5) is 27.0. The largest absolute Gasteiger partial charge is 0.508 e. The van der Waals surface area contributed by atoms with Gasteiger partial charge >= 0.3 is 0 Å². The summed E-state index contributed by atoms with van der Waals surface area (Å²) in [7, 11) is 3.14. The van der Waals surface area contributed by atoms with Gasteiger partial charge in [0.05, 0.1) is 19.1 Å². The summed E-state index contributed by atoms with van der Waals surface area (Å²) in [5.74, 6) is 1.19. The highest BCUT2D eigenvalue weighted by atomic mass is 32.2. The SMILES string of the molecule is COc1ccc(/C=C2\SC(=S)N(CCCCCC(=O)Nc3ccc(O)cc3)C2=O)cc1OC. The van der Waals surface area contributed by atoms with Gasteiger partial charge in [-0.25, -0.2) is 0 Å². The minimum Gasteiger partial charge on any atom is -0.508 e. The van der Waals surface area contributed by atoms with E-state index in [4.69, 9.17) is 21.7 Å². The van der Waals surface area contributed by atoms with E-state index in [2.05, 4.69) is 5.32 Å². The molecule has 0 atom stereocenters. The average molecular weight is 487 g/mol. The first kappa shape index (κ1) is 24.6. The Bertz CT molecular complexity index is 1050. The lowest BCUT2D eigenvalue weighted by Crippen LogP contribution is -2.29. The lowest BCUT2D eigenvalue weighted by Gasteiger charge is -2.14. The first-order chi connectivity index (χ1) is 15.9. The van der Waals surface area contributed by atoms with Crippen LogP contribution >= 0.6 is 24.0 Å². The molecule has 2 aromatic rings. The predicted molar refractivity (Wildman–Crippen MR) is 135 cm³/mol. The number of rotatable bonds is 10. The zero-order valence-electron chi connectivity index (χ0n) is 18.5. The maximum Gasteiger partial charge on any atom is 0.266 e. The van der Waals surface area contributed by atoms with E-state index >= 15 is 0 Å². The Balaban J connectivity index is 1.46. The number of phenolic OH excluding ortho intramolecular Hbond substituents is 1. The monoisotopic (exact) mass is 486 g/mol. The molecule has 2 N–H and O–H groups in total. The molecule has 0 radical (unpaired) electrons. The second kappa shape index (κ2) is 11.7. The molecule has 0 bridgehead atoms. The number of anilines is 1. The van der Waals surface area contributed by atoms with Crippen LogP contribution in [0, 0.1) is 0 Å². The smallest absolute Gasteiger partial charge is 0.266 e. The number of phenols is 1. The third kappa shape index (κ3) is 6.72. The van der Waals surface area contributed by atoms with Gasteiger partial charge in [-0.3, -0.25) is 14.5 Å². The molecule has 174 valence electrons. The molecule has 3 rings (SSSR count). The van der Waals surface area contributed by atoms with Crippen LogP contribution in [0.2, 0.25) is 0 Å².